The van der Waals surface area contributed by atoms with Gasteiger partial charge in [0.2, 0.25) is 0 Å². The van der Waals surface area contributed by atoms with Gasteiger partial charge in [-0.05, 0) is 58.1 Å². The average molecular weight is 764 g/mol. The fraction of sp³-hybridized carbons (Fsp3) is 0. The van der Waals surface area contributed by atoms with Crippen molar-refractivity contribution in [1.29, 1.82) is 0 Å². The Kier molecular flexibility index (Phi) is 7.62. The molecule has 7 aromatic carbocycles. The monoisotopic (exact) mass is 763 g/mol. The van der Waals surface area contributed by atoms with E-state index in [2.05, 4.69) is 113 Å². The number of pyridine rings is 4. The third kappa shape index (κ3) is 5.51. The van der Waals surface area contributed by atoms with Crippen molar-refractivity contribution in [2.75, 3.05) is 0 Å². The van der Waals surface area contributed by atoms with Crippen LogP contribution in [0, 0.1) is 12.1 Å². The summed E-state index contributed by atoms with van der Waals surface area (Å²) in [5.41, 5.74) is 10.2. The van der Waals surface area contributed by atoms with Gasteiger partial charge in [-0.2, -0.15) is 0 Å². The van der Waals surface area contributed by atoms with Crippen molar-refractivity contribution in [3.05, 3.63) is 189 Å². The molecular weight excluding hydrogens is 735 g/mol. The van der Waals surface area contributed by atoms with E-state index in [1.807, 2.05) is 85.5 Å². The minimum Gasteiger partial charge on any atom is -0.254 e. The molecule has 5 aromatic heterocycles. The van der Waals surface area contributed by atoms with Crippen molar-refractivity contribution in [2.24, 2.45) is 0 Å². The van der Waals surface area contributed by atoms with Crippen LogP contribution in [0.4, 0.5) is 0 Å². The predicted molar refractivity (Wildman–Crippen MR) is 241 cm³/mol. The van der Waals surface area contributed by atoms with Gasteiger partial charge in [-0.1, -0.05) is 127 Å². The van der Waals surface area contributed by atoms with Crippen molar-refractivity contribution >= 4 is 65.2 Å². The SMILES string of the molecule is c1cc(-c2cnc3c(ccc4cccnc43)c2)c2cccc(-c3nc(-c4ccccc4)nc(-c4cccc5c(-c6cnc7c(ccc8cccnc87)c6)cccc45)n3)c2c#1. The molecule has 12 aromatic rings. The maximum absolute atomic E-state index is 5.25. The molecule has 276 valence electrons. The van der Waals surface area contributed by atoms with Crippen LogP contribution < -0.4 is 0 Å². The number of nitrogens with zero attached hydrogens (tertiary/aromatic N) is 7. The van der Waals surface area contributed by atoms with Crippen LogP contribution in [0.15, 0.2) is 176 Å². The van der Waals surface area contributed by atoms with Crippen LogP contribution in [0.2, 0.25) is 0 Å². The molecule has 0 saturated heterocycles. The Hall–Kier alpha value is -8.47. The van der Waals surface area contributed by atoms with E-state index in [4.69, 9.17) is 24.9 Å². The van der Waals surface area contributed by atoms with Crippen molar-refractivity contribution in [3.63, 3.8) is 0 Å². The molecule has 0 spiro atoms. The molecule has 0 aliphatic heterocycles. The molecule has 7 heteroatoms. The normalized spacial score (nSPS) is 11.5. The Morgan fingerprint density at radius 3 is 1.57 bits per heavy atom. The lowest BCUT2D eigenvalue weighted by molar-refractivity contribution is 1.08. The fourth-order valence-corrected chi connectivity index (χ4v) is 8.45. The van der Waals surface area contributed by atoms with Gasteiger partial charge in [-0.25, -0.2) is 15.0 Å². The minimum absolute atomic E-state index is 0.549. The van der Waals surface area contributed by atoms with Crippen LogP contribution in [0.3, 0.4) is 0 Å². The van der Waals surface area contributed by atoms with E-state index in [0.717, 1.165) is 104 Å². The second kappa shape index (κ2) is 13.6. The molecule has 0 unspecified atom stereocenters. The predicted octanol–water partition coefficient (Wildman–Crippen LogP) is 12.3. The molecule has 60 heavy (non-hydrogen) atoms. The summed E-state index contributed by atoms with van der Waals surface area (Å²) >= 11 is 0. The molecule has 0 amide bonds. The number of benzene rings is 6. The smallest absolute Gasteiger partial charge is 0.165 e. The van der Waals surface area contributed by atoms with Crippen LogP contribution in [0.25, 0.3) is 122 Å². The van der Waals surface area contributed by atoms with E-state index in [1.165, 1.54) is 0 Å². The molecule has 0 atom stereocenters. The Balaban J connectivity index is 1.01. The lowest BCUT2D eigenvalue weighted by atomic mass is 9.95. The Morgan fingerprint density at radius 1 is 0.350 bits per heavy atom. The summed E-state index contributed by atoms with van der Waals surface area (Å²) in [6, 6.07) is 58.5. The molecular formula is C53H29N7. The largest absolute Gasteiger partial charge is 0.254 e. The molecule has 7 nitrogen and oxygen atoms in total. The van der Waals surface area contributed by atoms with Crippen LogP contribution >= 0.6 is 0 Å². The van der Waals surface area contributed by atoms with Gasteiger partial charge in [-0.15, -0.1) is 0 Å². The van der Waals surface area contributed by atoms with E-state index in [-0.39, 0.29) is 0 Å². The highest BCUT2D eigenvalue weighted by Crippen LogP contribution is 2.38. The number of aromatic nitrogens is 7. The summed E-state index contributed by atoms with van der Waals surface area (Å²) in [4.78, 5) is 34.6. The third-order valence-corrected chi connectivity index (χ3v) is 11.3. The van der Waals surface area contributed by atoms with Crippen molar-refractivity contribution in [1.82, 2.24) is 34.9 Å². The zero-order valence-electron chi connectivity index (χ0n) is 31.9. The Morgan fingerprint density at radius 2 is 0.883 bits per heavy atom. The first-order valence-electron chi connectivity index (χ1n) is 19.7. The summed E-state index contributed by atoms with van der Waals surface area (Å²) in [6.45, 7) is 0. The Bertz CT molecular complexity index is 3460. The molecule has 0 aliphatic rings. The fourth-order valence-electron chi connectivity index (χ4n) is 8.45. The van der Waals surface area contributed by atoms with E-state index in [9.17, 15) is 0 Å². The molecule has 0 aliphatic carbocycles. The molecule has 0 saturated carbocycles. The average Bonchev–Trinajstić information content (AvgIpc) is 3.33. The Labute approximate surface area is 343 Å². The van der Waals surface area contributed by atoms with E-state index < -0.39 is 0 Å². The van der Waals surface area contributed by atoms with Gasteiger partial charge in [0.05, 0.1) is 22.1 Å². The van der Waals surface area contributed by atoms with Gasteiger partial charge in [0.1, 0.15) is 0 Å². The molecule has 0 radical (unpaired) electrons. The standard InChI is InChI=1S/C53H29N7/c1-2-10-34(11-3-1)51-58-52(45-20-6-16-41-39(14-4-18-43(41)45)37-28-35-24-22-32-12-8-26-54-47(32)49(35)56-30-37)60-53(59-51)46-21-7-17-42-40(15-5-19-44(42)46)38-29-36-25-23-33-13-9-27-55-48(33)50(36)57-31-38/h1-4,6-18,20-31H. The van der Waals surface area contributed by atoms with Gasteiger partial charge in [-0.3, -0.25) is 19.9 Å². The van der Waals surface area contributed by atoms with Gasteiger partial charge in [0.25, 0.3) is 0 Å². The van der Waals surface area contributed by atoms with E-state index >= 15 is 0 Å². The van der Waals surface area contributed by atoms with Crippen molar-refractivity contribution < 1.29 is 0 Å². The first-order chi connectivity index (χ1) is 29.7. The van der Waals surface area contributed by atoms with Crippen LogP contribution in [-0.4, -0.2) is 34.9 Å². The second-order valence-electron chi connectivity index (χ2n) is 14.8. The lowest BCUT2D eigenvalue weighted by Crippen LogP contribution is -2.01. The maximum Gasteiger partial charge on any atom is 0.165 e. The van der Waals surface area contributed by atoms with Crippen LogP contribution in [0.1, 0.15) is 0 Å². The zero-order chi connectivity index (χ0) is 39.6. The molecule has 5 heterocycles. The van der Waals surface area contributed by atoms with Crippen LogP contribution in [0.5, 0.6) is 0 Å². The molecule has 12 rings (SSSR count). The minimum atomic E-state index is 0.549. The van der Waals surface area contributed by atoms with Gasteiger partial charge >= 0.3 is 0 Å². The van der Waals surface area contributed by atoms with Crippen molar-refractivity contribution in [3.8, 4) is 56.4 Å². The van der Waals surface area contributed by atoms with Gasteiger partial charge < -0.3 is 0 Å². The number of fused-ring (bicyclic) bond motifs is 8. The zero-order valence-corrected chi connectivity index (χ0v) is 31.9. The summed E-state index contributed by atoms with van der Waals surface area (Å²) < 4.78 is 0. The van der Waals surface area contributed by atoms with Crippen LogP contribution in [-0.2, 0) is 0 Å². The number of rotatable bonds is 5. The highest BCUT2D eigenvalue weighted by atomic mass is 15.0. The van der Waals surface area contributed by atoms with Gasteiger partial charge in [0.15, 0.2) is 17.5 Å². The summed E-state index contributed by atoms with van der Waals surface area (Å²) in [5, 5.41) is 8.15. The highest BCUT2D eigenvalue weighted by Gasteiger charge is 2.18. The quantitative estimate of drug-likeness (QED) is 0.161. The number of hydrogen-bond donors (Lipinski definition) is 0. The topological polar surface area (TPSA) is 90.2 Å². The third-order valence-electron chi connectivity index (χ3n) is 11.3. The summed E-state index contributed by atoms with van der Waals surface area (Å²) in [7, 11) is 0. The molecule has 0 fully saturated rings. The van der Waals surface area contributed by atoms with E-state index in [1.54, 1.807) is 0 Å². The molecule has 0 N–H and O–H groups in total. The summed E-state index contributed by atoms with van der Waals surface area (Å²) in [6.07, 6.45) is 7.49. The van der Waals surface area contributed by atoms with Crippen molar-refractivity contribution in [2.45, 2.75) is 0 Å². The first-order valence-corrected chi connectivity index (χ1v) is 19.7. The maximum atomic E-state index is 5.25. The molecule has 0 bridgehead atoms. The van der Waals surface area contributed by atoms with Gasteiger partial charge in [0, 0.05) is 85.1 Å². The lowest BCUT2D eigenvalue weighted by Gasteiger charge is -2.13. The first kappa shape index (κ1) is 33.6. The second-order valence-corrected chi connectivity index (χ2v) is 14.8. The summed E-state index contributed by atoms with van der Waals surface area (Å²) in [5.74, 6) is 1.71. The number of hydrogen-bond acceptors (Lipinski definition) is 7. The highest BCUT2D eigenvalue weighted by molar-refractivity contribution is 6.09. The van der Waals surface area contributed by atoms with E-state index in [0.29, 0.717) is 17.5 Å².